The van der Waals surface area contributed by atoms with Crippen molar-refractivity contribution in [2.75, 3.05) is 13.6 Å². The van der Waals surface area contributed by atoms with Crippen LogP contribution < -0.4 is 0 Å². The Morgan fingerprint density at radius 1 is 1.32 bits per heavy atom. The zero-order valence-electron chi connectivity index (χ0n) is 11.0. The molecule has 0 saturated heterocycles. The van der Waals surface area contributed by atoms with Crippen molar-refractivity contribution in [2.45, 2.75) is 13.0 Å². The van der Waals surface area contributed by atoms with Gasteiger partial charge < -0.3 is 15.0 Å². The van der Waals surface area contributed by atoms with Crippen LogP contribution in [-0.4, -0.2) is 34.6 Å². The third-order valence-corrected chi connectivity index (χ3v) is 3.07. The summed E-state index contributed by atoms with van der Waals surface area (Å²) in [5.74, 6) is -0.878. The molecule has 100 valence electrons. The van der Waals surface area contributed by atoms with E-state index >= 15 is 0 Å². The van der Waals surface area contributed by atoms with Crippen LogP contribution in [0.4, 0.5) is 0 Å². The lowest BCUT2D eigenvalue weighted by Crippen LogP contribution is -2.20. The standard InChI is InChI=1S/C15H18N2O2/c1-17(8-6-12-5-7-16-10-12)11-13-3-2-4-14(9-13)15(18)19/h2-5,7,9-10,16H,6,8,11H2,1H3,(H,18,19). The van der Waals surface area contributed by atoms with E-state index in [1.165, 1.54) is 5.56 Å². The second-order valence-electron chi connectivity index (χ2n) is 4.71. The molecule has 1 heterocycles. The normalized spacial score (nSPS) is 10.8. The quantitative estimate of drug-likeness (QED) is 0.836. The van der Waals surface area contributed by atoms with Gasteiger partial charge in [-0.1, -0.05) is 12.1 Å². The van der Waals surface area contributed by atoms with Crippen LogP contribution in [0, 0.1) is 0 Å². The molecular weight excluding hydrogens is 240 g/mol. The molecule has 2 aromatic rings. The van der Waals surface area contributed by atoms with Crippen LogP contribution in [0.25, 0.3) is 0 Å². The molecule has 0 spiro atoms. The molecule has 0 bridgehead atoms. The summed E-state index contributed by atoms with van der Waals surface area (Å²) in [5, 5.41) is 8.95. The summed E-state index contributed by atoms with van der Waals surface area (Å²) < 4.78 is 0. The highest BCUT2D eigenvalue weighted by atomic mass is 16.4. The number of carboxylic acids is 1. The molecule has 0 saturated carbocycles. The van der Waals surface area contributed by atoms with Gasteiger partial charge in [-0.05, 0) is 42.8 Å². The maximum Gasteiger partial charge on any atom is 0.335 e. The Kier molecular flexibility index (Phi) is 4.36. The van der Waals surface area contributed by atoms with E-state index in [0.717, 1.165) is 25.1 Å². The highest BCUT2D eigenvalue weighted by Gasteiger charge is 2.05. The molecule has 1 aromatic carbocycles. The predicted molar refractivity (Wildman–Crippen MR) is 74.2 cm³/mol. The molecule has 4 heteroatoms. The zero-order valence-corrected chi connectivity index (χ0v) is 11.0. The van der Waals surface area contributed by atoms with Crippen LogP contribution in [-0.2, 0) is 13.0 Å². The van der Waals surface area contributed by atoms with Crippen LogP contribution in [0.1, 0.15) is 21.5 Å². The van der Waals surface area contributed by atoms with Gasteiger partial charge in [0.2, 0.25) is 0 Å². The van der Waals surface area contributed by atoms with Crippen molar-refractivity contribution in [3.8, 4) is 0 Å². The number of likely N-dealkylation sites (N-methyl/N-ethyl adjacent to an activating group) is 1. The van der Waals surface area contributed by atoms with E-state index in [9.17, 15) is 4.79 Å². The Bertz CT molecular complexity index is 535. The van der Waals surface area contributed by atoms with Crippen molar-refractivity contribution in [3.63, 3.8) is 0 Å². The first-order valence-corrected chi connectivity index (χ1v) is 6.27. The highest BCUT2D eigenvalue weighted by molar-refractivity contribution is 5.87. The third kappa shape index (κ3) is 3.96. The largest absolute Gasteiger partial charge is 0.478 e. The van der Waals surface area contributed by atoms with Crippen LogP contribution in [0.5, 0.6) is 0 Å². The van der Waals surface area contributed by atoms with Gasteiger partial charge in [-0.3, -0.25) is 0 Å². The summed E-state index contributed by atoms with van der Waals surface area (Å²) in [4.78, 5) is 16.1. The van der Waals surface area contributed by atoms with E-state index in [1.807, 2.05) is 25.5 Å². The van der Waals surface area contributed by atoms with Crippen LogP contribution in [0.3, 0.4) is 0 Å². The molecule has 19 heavy (non-hydrogen) atoms. The maximum absolute atomic E-state index is 10.9. The van der Waals surface area contributed by atoms with E-state index in [0.29, 0.717) is 5.56 Å². The van der Waals surface area contributed by atoms with E-state index in [2.05, 4.69) is 16.0 Å². The molecule has 4 nitrogen and oxygen atoms in total. The Balaban J connectivity index is 1.89. The molecule has 0 atom stereocenters. The first-order chi connectivity index (χ1) is 9.15. The Hall–Kier alpha value is -2.07. The minimum atomic E-state index is -0.878. The Morgan fingerprint density at radius 2 is 2.16 bits per heavy atom. The van der Waals surface area contributed by atoms with Gasteiger partial charge in [0, 0.05) is 25.5 Å². The van der Waals surface area contributed by atoms with Gasteiger partial charge >= 0.3 is 5.97 Å². The maximum atomic E-state index is 10.9. The van der Waals surface area contributed by atoms with Crippen molar-refractivity contribution in [2.24, 2.45) is 0 Å². The Labute approximate surface area is 112 Å². The molecule has 0 fully saturated rings. The van der Waals surface area contributed by atoms with E-state index < -0.39 is 5.97 Å². The molecule has 0 unspecified atom stereocenters. The van der Waals surface area contributed by atoms with Gasteiger partial charge in [-0.2, -0.15) is 0 Å². The Morgan fingerprint density at radius 3 is 2.84 bits per heavy atom. The fourth-order valence-corrected chi connectivity index (χ4v) is 2.03. The topological polar surface area (TPSA) is 56.3 Å². The van der Waals surface area contributed by atoms with Crippen LogP contribution in [0.15, 0.2) is 42.7 Å². The summed E-state index contributed by atoms with van der Waals surface area (Å²) in [6, 6.07) is 9.16. The average Bonchev–Trinajstić information content (AvgIpc) is 2.90. The van der Waals surface area contributed by atoms with Crippen LogP contribution in [0.2, 0.25) is 0 Å². The van der Waals surface area contributed by atoms with Crippen molar-refractivity contribution < 1.29 is 9.90 Å². The molecule has 0 aliphatic carbocycles. The molecule has 0 amide bonds. The van der Waals surface area contributed by atoms with Crippen molar-refractivity contribution in [1.82, 2.24) is 9.88 Å². The minimum Gasteiger partial charge on any atom is -0.478 e. The number of aromatic nitrogens is 1. The van der Waals surface area contributed by atoms with Gasteiger partial charge in [-0.15, -0.1) is 0 Å². The lowest BCUT2D eigenvalue weighted by atomic mass is 10.1. The lowest BCUT2D eigenvalue weighted by molar-refractivity contribution is 0.0696. The van der Waals surface area contributed by atoms with Gasteiger partial charge in [0.1, 0.15) is 0 Å². The summed E-state index contributed by atoms with van der Waals surface area (Å²) >= 11 is 0. The number of aromatic carboxylic acids is 1. The molecule has 0 radical (unpaired) electrons. The number of carboxylic acid groups (broad SMARTS) is 1. The summed E-state index contributed by atoms with van der Waals surface area (Å²) in [6.07, 6.45) is 4.91. The fourth-order valence-electron chi connectivity index (χ4n) is 2.03. The predicted octanol–water partition coefficient (Wildman–Crippen LogP) is 2.39. The second kappa shape index (κ2) is 6.20. The summed E-state index contributed by atoms with van der Waals surface area (Å²) in [6.45, 7) is 1.70. The number of carbonyl (C=O) groups is 1. The van der Waals surface area contributed by atoms with Crippen LogP contribution >= 0.6 is 0 Å². The van der Waals surface area contributed by atoms with Crippen molar-refractivity contribution in [1.29, 1.82) is 0 Å². The van der Waals surface area contributed by atoms with Crippen molar-refractivity contribution in [3.05, 3.63) is 59.4 Å². The minimum absolute atomic E-state index is 0.344. The monoisotopic (exact) mass is 258 g/mol. The third-order valence-electron chi connectivity index (χ3n) is 3.07. The fraction of sp³-hybridized carbons (Fsp3) is 0.267. The smallest absolute Gasteiger partial charge is 0.335 e. The summed E-state index contributed by atoms with van der Waals surface area (Å²) in [7, 11) is 2.04. The number of H-pyrrole nitrogens is 1. The zero-order chi connectivity index (χ0) is 13.7. The highest BCUT2D eigenvalue weighted by Crippen LogP contribution is 2.08. The van der Waals surface area contributed by atoms with Gasteiger partial charge in [-0.25, -0.2) is 4.79 Å². The van der Waals surface area contributed by atoms with Gasteiger partial charge in [0.25, 0.3) is 0 Å². The SMILES string of the molecule is CN(CCc1cc[nH]c1)Cc1cccc(C(=O)O)c1. The second-order valence-corrected chi connectivity index (χ2v) is 4.71. The molecule has 0 aliphatic rings. The number of hydrogen-bond acceptors (Lipinski definition) is 2. The van der Waals surface area contributed by atoms with Gasteiger partial charge in [0.05, 0.1) is 5.56 Å². The number of rotatable bonds is 6. The number of benzene rings is 1. The first kappa shape index (κ1) is 13.4. The molecule has 1 aromatic heterocycles. The molecule has 0 aliphatic heterocycles. The first-order valence-electron chi connectivity index (χ1n) is 6.27. The van der Waals surface area contributed by atoms with E-state index in [4.69, 9.17) is 5.11 Å². The number of aromatic amines is 1. The average molecular weight is 258 g/mol. The molecular formula is C15H18N2O2. The molecule has 2 N–H and O–H groups in total. The van der Waals surface area contributed by atoms with E-state index in [1.54, 1.807) is 18.2 Å². The van der Waals surface area contributed by atoms with Crippen molar-refractivity contribution >= 4 is 5.97 Å². The summed E-state index contributed by atoms with van der Waals surface area (Å²) in [5.41, 5.74) is 2.65. The number of nitrogens with zero attached hydrogens (tertiary/aromatic N) is 1. The molecule has 2 rings (SSSR count). The number of hydrogen-bond donors (Lipinski definition) is 2. The van der Waals surface area contributed by atoms with E-state index in [-0.39, 0.29) is 0 Å². The van der Waals surface area contributed by atoms with Gasteiger partial charge in [0.15, 0.2) is 0 Å². The lowest BCUT2D eigenvalue weighted by Gasteiger charge is -2.16. The number of nitrogens with one attached hydrogen (secondary N) is 1.